The maximum absolute atomic E-state index is 12.9. The Balaban J connectivity index is 3.28. The predicted molar refractivity (Wildman–Crippen MR) is 84.3 cm³/mol. The number of benzene rings is 1. The van der Waals surface area contributed by atoms with Crippen LogP contribution < -0.4 is 15.2 Å². The summed E-state index contributed by atoms with van der Waals surface area (Å²) in [5.41, 5.74) is 6.23. The van der Waals surface area contributed by atoms with E-state index in [1.807, 2.05) is 0 Å². The lowest BCUT2D eigenvalue weighted by molar-refractivity contribution is 0.0636. The normalized spacial score (nSPS) is 12.0. The monoisotopic (exact) mass is 348 g/mol. The van der Waals surface area contributed by atoms with Gasteiger partial charge in [-0.3, -0.25) is 5.32 Å². The highest BCUT2D eigenvalue weighted by molar-refractivity contribution is 7.81. The zero-order valence-electron chi connectivity index (χ0n) is 13.7. The fourth-order valence-electron chi connectivity index (χ4n) is 1.92. The van der Waals surface area contributed by atoms with Gasteiger partial charge in [0.05, 0.1) is 5.69 Å². The van der Waals surface area contributed by atoms with Gasteiger partial charge in [0.25, 0.3) is 0 Å². The van der Waals surface area contributed by atoms with E-state index in [2.05, 4.69) is 9.50 Å². The van der Waals surface area contributed by atoms with E-state index in [0.717, 1.165) is 0 Å². The first kappa shape index (κ1) is 19.2. The highest BCUT2D eigenvalue weighted by Crippen LogP contribution is 2.34. The summed E-state index contributed by atoms with van der Waals surface area (Å²) in [5.74, 6) is -0.207. The van der Waals surface area contributed by atoms with Crippen LogP contribution in [-0.2, 0) is 21.8 Å². The maximum Gasteiger partial charge on any atom is 0.488 e. The first-order valence-electron chi connectivity index (χ1n) is 6.81. The molecule has 0 saturated heterocycles. The van der Waals surface area contributed by atoms with Gasteiger partial charge in [0.1, 0.15) is 5.60 Å². The summed E-state index contributed by atoms with van der Waals surface area (Å²) < 4.78 is 44.0. The van der Waals surface area contributed by atoms with Gasteiger partial charge >= 0.3 is 16.6 Å². The molecule has 9 heteroatoms. The van der Waals surface area contributed by atoms with Crippen LogP contribution in [0.2, 0.25) is 0 Å². The van der Waals surface area contributed by atoms with Crippen molar-refractivity contribution < 1.29 is 26.0 Å². The van der Waals surface area contributed by atoms with Gasteiger partial charge in [-0.1, -0.05) is 3.89 Å². The topological polar surface area (TPSA) is 108 Å². The molecule has 0 unspecified atom stereocenters. The highest BCUT2D eigenvalue weighted by Gasteiger charge is 2.22. The summed E-state index contributed by atoms with van der Waals surface area (Å²) in [6.07, 6.45) is -0.735. The predicted octanol–water partition coefficient (Wildman–Crippen LogP) is 2.70. The second-order valence-electron chi connectivity index (χ2n) is 5.97. The third kappa shape index (κ3) is 5.68. The molecule has 0 aliphatic rings. The SMILES string of the molecule is Cc1c(CN)cc(NC(=O)OC(C)(C)C)c(C)c1OS(=O)(=O)F. The fourth-order valence-corrected chi connectivity index (χ4v) is 2.37. The molecule has 1 aromatic carbocycles. The van der Waals surface area contributed by atoms with E-state index >= 15 is 0 Å². The van der Waals surface area contributed by atoms with Gasteiger partial charge in [-0.25, -0.2) is 4.79 Å². The molecule has 0 aliphatic heterocycles. The van der Waals surface area contributed by atoms with Crippen LogP contribution in [0.15, 0.2) is 6.07 Å². The molecule has 23 heavy (non-hydrogen) atoms. The van der Waals surface area contributed by atoms with Crippen LogP contribution in [0.5, 0.6) is 5.75 Å². The lowest BCUT2D eigenvalue weighted by Gasteiger charge is -2.21. The lowest BCUT2D eigenvalue weighted by Crippen LogP contribution is -2.27. The Hall–Kier alpha value is -1.87. The van der Waals surface area contributed by atoms with Crippen molar-refractivity contribution in [2.24, 2.45) is 5.73 Å². The van der Waals surface area contributed by atoms with Gasteiger partial charge < -0.3 is 14.7 Å². The van der Waals surface area contributed by atoms with Crippen LogP contribution in [0, 0.1) is 13.8 Å². The number of hydrogen-bond acceptors (Lipinski definition) is 6. The molecular weight excluding hydrogens is 327 g/mol. The second-order valence-corrected chi connectivity index (χ2v) is 6.92. The van der Waals surface area contributed by atoms with Gasteiger partial charge in [-0.05, 0) is 51.8 Å². The van der Waals surface area contributed by atoms with Crippen LogP contribution >= 0.6 is 0 Å². The Morgan fingerprint density at radius 1 is 1.30 bits per heavy atom. The number of carbonyl (C=O) groups is 1. The molecule has 0 spiro atoms. The van der Waals surface area contributed by atoms with Crippen LogP contribution in [0.4, 0.5) is 14.4 Å². The number of halogens is 1. The van der Waals surface area contributed by atoms with Crippen molar-refractivity contribution in [2.45, 2.75) is 46.8 Å². The molecule has 0 saturated carbocycles. The minimum atomic E-state index is -5.21. The van der Waals surface area contributed by atoms with Crippen LogP contribution in [0.3, 0.4) is 0 Å². The fraction of sp³-hybridized carbons (Fsp3) is 0.500. The molecule has 0 heterocycles. The number of rotatable bonds is 4. The standard InChI is InChI=1S/C14H21FN2O5S/c1-8-10(7-16)6-11(17-13(18)21-14(3,4)5)9(2)12(8)22-23(15,19)20/h6H,7,16H2,1-5H3,(H,17,18). The molecule has 1 amide bonds. The molecule has 0 radical (unpaired) electrons. The number of hydrogen-bond donors (Lipinski definition) is 2. The van der Waals surface area contributed by atoms with Gasteiger partial charge in [0, 0.05) is 12.1 Å². The van der Waals surface area contributed by atoms with E-state index in [4.69, 9.17) is 10.5 Å². The number of amides is 1. The van der Waals surface area contributed by atoms with E-state index < -0.39 is 22.2 Å². The first-order chi connectivity index (χ1) is 10.3. The zero-order valence-corrected chi connectivity index (χ0v) is 14.5. The number of carbonyl (C=O) groups excluding carboxylic acids is 1. The van der Waals surface area contributed by atoms with Crippen molar-refractivity contribution >= 4 is 22.3 Å². The quantitative estimate of drug-likeness (QED) is 0.810. The average Bonchev–Trinajstić information content (AvgIpc) is 2.34. The summed E-state index contributed by atoms with van der Waals surface area (Å²) in [6.45, 7) is 8.18. The van der Waals surface area contributed by atoms with E-state index in [1.165, 1.54) is 6.92 Å². The molecule has 0 bridgehead atoms. The zero-order chi connectivity index (χ0) is 18.0. The molecule has 0 atom stereocenters. The van der Waals surface area contributed by atoms with Gasteiger partial charge in [-0.15, -0.1) is 0 Å². The summed E-state index contributed by atoms with van der Waals surface area (Å²) in [4.78, 5) is 11.9. The van der Waals surface area contributed by atoms with Crippen molar-refractivity contribution in [3.05, 3.63) is 22.8 Å². The van der Waals surface area contributed by atoms with Crippen LogP contribution in [-0.4, -0.2) is 20.1 Å². The van der Waals surface area contributed by atoms with Crippen LogP contribution in [0.25, 0.3) is 0 Å². The van der Waals surface area contributed by atoms with E-state index in [9.17, 15) is 17.1 Å². The molecule has 0 aliphatic carbocycles. The summed E-state index contributed by atoms with van der Waals surface area (Å²) >= 11 is 0. The second kappa shape index (κ2) is 6.71. The molecule has 0 aromatic heterocycles. The van der Waals surface area contributed by atoms with Crippen molar-refractivity contribution in [1.82, 2.24) is 0 Å². The summed E-state index contributed by atoms with van der Waals surface area (Å²) in [6, 6.07) is 1.56. The number of ether oxygens (including phenoxy) is 1. The van der Waals surface area contributed by atoms with Crippen LogP contribution in [0.1, 0.15) is 37.5 Å². The number of nitrogens with two attached hydrogens (primary N) is 1. The minimum Gasteiger partial charge on any atom is -0.444 e. The molecule has 130 valence electrons. The average molecular weight is 348 g/mol. The van der Waals surface area contributed by atoms with Crippen molar-refractivity contribution in [1.29, 1.82) is 0 Å². The highest BCUT2D eigenvalue weighted by atomic mass is 32.3. The Labute approximate surface area is 135 Å². The van der Waals surface area contributed by atoms with E-state index in [-0.39, 0.29) is 23.5 Å². The molecule has 7 nitrogen and oxygen atoms in total. The lowest BCUT2D eigenvalue weighted by atomic mass is 10.0. The summed E-state index contributed by atoms with van der Waals surface area (Å²) in [5, 5.41) is 2.48. The van der Waals surface area contributed by atoms with Gasteiger partial charge in [-0.2, -0.15) is 8.42 Å². The van der Waals surface area contributed by atoms with Crippen molar-refractivity contribution in [3.63, 3.8) is 0 Å². The van der Waals surface area contributed by atoms with E-state index in [1.54, 1.807) is 33.8 Å². The summed E-state index contributed by atoms with van der Waals surface area (Å²) in [7, 11) is -5.21. The Bertz CT molecular complexity index is 711. The van der Waals surface area contributed by atoms with Crippen molar-refractivity contribution in [2.75, 3.05) is 5.32 Å². The Kier molecular flexibility index (Phi) is 5.60. The Morgan fingerprint density at radius 2 is 1.87 bits per heavy atom. The number of anilines is 1. The maximum atomic E-state index is 12.9. The molecule has 1 aromatic rings. The largest absolute Gasteiger partial charge is 0.488 e. The van der Waals surface area contributed by atoms with Crippen molar-refractivity contribution in [3.8, 4) is 5.75 Å². The molecule has 1 rings (SSSR count). The smallest absolute Gasteiger partial charge is 0.444 e. The first-order valence-corrected chi connectivity index (χ1v) is 8.12. The Morgan fingerprint density at radius 3 is 2.30 bits per heavy atom. The molecular formula is C14H21FN2O5S. The molecule has 3 N–H and O–H groups in total. The molecule has 0 fully saturated rings. The third-order valence-corrected chi connectivity index (χ3v) is 3.29. The van der Waals surface area contributed by atoms with Gasteiger partial charge in [0.15, 0.2) is 5.75 Å². The number of nitrogens with one attached hydrogen (secondary N) is 1. The van der Waals surface area contributed by atoms with E-state index in [0.29, 0.717) is 11.1 Å². The third-order valence-electron chi connectivity index (χ3n) is 2.92. The minimum absolute atomic E-state index is 0.0534. The van der Waals surface area contributed by atoms with Gasteiger partial charge in [0.2, 0.25) is 0 Å².